The second-order valence-electron chi connectivity index (χ2n) is 15.3. The molecular weight excluding hydrogens is 487 g/mol. The first-order valence-corrected chi connectivity index (χ1v) is 18.1. The number of nitrogens with zero attached hydrogens (tertiary/aromatic N) is 2. The Morgan fingerprint density at radius 1 is 0.974 bits per heavy atom. The van der Waals surface area contributed by atoms with Crippen LogP contribution in [0.25, 0.3) is 0 Å². The van der Waals surface area contributed by atoms with E-state index < -0.39 is 7.67 Å². The van der Waals surface area contributed by atoms with Gasteiger partial charge in [0.05, 0.1) is 6.10 Å². The fourth-order valence-electron chi connectivity index (χ4n) is 10.5. The molecule has 5 heteroatoms. The summed E-state index contributed by atoms with van der Waals surface area (Å²) in [5.74, 6) is 6.13. The van der Waals surface area contributed by atoms with Gasteiger partial charge in [-0.25, -0.2) is 9.34 Å². The van der Waals surface area contributed by atoms with E-state index >= 15 is 0 Å². The van der Waals surface area contributed by atoms with Crippen molar-refractivity contribution in [2.45, 2.75) is 118 Å². The van der Waals surface area contributed by atoms with Crippen LogP contribution in [0, 0.1) is 52.3 Å². The Bertz CT molecular complexity index is 941. The zero-order chi connectivity index (χ0) is 26.9. The number of hydrogen-bond donors (Lipinski definition) is 0. The lowest BCUT2D eigenvalue weighted by Gasteiger charge is -2.58. The van der Waals surface area contributed by atoms with E-state index in [0.717, 1.165) is 80.4 Å². The maximum Gasteiger partial charge on any atom is 0.346 e. The molecule has 0 radical (unpaired) electrons. The maximum absolute atomic E-state index is 13.7. The molecule has 0 amide bonds. The first-order valence-electron chi connectivity index (χ1n) is 16.6. The summed E-state index contributed by atoms with van der Waals surface area (Å²) in [7, 11) is -2.73. The summed E-state index contributed by atoms with van der Waals surface area (Å²) in [5.41, 5.74) is 2.54. The SMILES string of the molecule is CC[C@@H](CC[C@@H](C)[C@@H]1CC[C@@H]2[C@H]3CC=C4C[C@@H](OP(=O)(N5CC5)N5CC5)CC[C@]4(C)[C@@H]3CC[C@@]21C)C(C)C. The van der Waals surface area contributed by atoms with Crippen molar-refractivity contribution in [3.63, 3.8) is 0 Å². The molecule has 3 saturated carbocycles. The summed E-state index contributed by atoms with van der Waals surface area (Å²) in [6.07, 6.45) is 17.4. The fourth-order valence-corrected chi connectivity index (χ4v) is 12.9. The topological polar surface area (TPSA) is 32.3 Å². The molecule has 0 spiro atoms. The zero-order valence-corrected chi connectivity index (χ0v) is 26.4. The quantitative estimate of drug-likeness (QED) is 0.156. The van der Waals surface area contributed by atoms with Crippen molar-refractivity contribution in [3.05, 3.63) is 11.6 Å². The summed E-state index contributed by atoms with van der Waals surface area (Å²) in [5, 5.41) is 0. The van der Waals surface area contributed by atoms with Crippen LogP contribution in [-0.4, -0.2) is 41.6 Å². The van der Waals surface area contributed by atoms with Gasteiger partial charge in [0.2, 0.25) is 0 Å². The molecule has 2 heterocycles. The molecule has 38 heavy (non-hydrogen) atoms. The van der Waals surface area contributed by atoms with Crippen molar-refractivity contribution >= 4 is 7.67 Å². The van der Waals surface area contributed by atoms with Crippen molar-refractivity contribution in [2.75, 3.05) is 26.2 Å². The van der Waals surface area contributed by atoms with Gasteiger partial charge < -0.3 is 4.52 Å². The van der Waals surface area contributed by atoms with E-state index in [4.69, 9.17) is 4.52 Å². The lowest BCUT2D eigenvalue weighted by atomic mass is 9.47. The number of fused-ring (bicyclic) bond motifs is 5. The van der Waals surface area contributed by atoms with E-state index in [9.17, 15) is 4.57 Å². The Labute approximate surface area is 234 Å². The minimum absolute atomic E-state index is 0.140. The molecule has 0 bridgehead atoms. The normalized spacial score (nSPS) is 42.7. The molecule has 216 valence electrons. The summed E-state index contributed by atoms with van der Waals surface area (Å²) in [6, 6.07) is 0. The Kier molecular flexibility index (Phi) is 7.58. The molecule has 2 aliphatic heterocycles. The van der Waals surface area contributed by atoms with E-state index in [1.54, 1.807) is 5.57 Å². The summed E-state index contributed by atoms with van der Waals surface area (Å²) in [6.45, 7) is 18.9. The van der Waals surface area contributed by atoms with Crippen LogP contribution >= 0.6 is 7.67 Å². The van der Waals surface area contributed by atoms with E-state index in [1.807, 2.05) is 0 Å². The fraction of sp³-hybridized carbons (Fsp3) is 0.939. The minimum Gasteiger partial charge on any atom is -0.302 e. The molecule has 4 nitrogen and oxygen atoms in total. The lowest BCUT2D eigenvalue weighted by Crippen LogP contribution is -2.51. The number of rotatable bonds is 10. The Morgan fingerprint density at radius 2 is 1.68 bits per heavy atom. The first-order chi connectivity index (χ1) is 18.1. The third-order valence-corrected chi connectivity index (χ3v) is 15.9. The van der Waals surface area contributed by atoms with Gasteiger partial charge in [-0.05, 0) is 110 Å². The van der Waals surface area contributed by atoms with Gasteiger partial charge in [-0.2, -0.15) is 0 Å². The summed E-state index contributed by atoms with van der Waals surface area (Å²) < 4.78 is 24.3. The van der Waals surface area contributed by atoms with Gasteiger partial charge >= 0.3 is 7.67 Å². The monoisotopic (exact) mass is 544 g/mol. The molecule has 5 fully saturated rings. The van der Waals surface area contributed by atoms with E-state index in [2.05, 4.69) is 57.0 Å². The third-order valence-electron chi connectivity index (χ3n) is 13.1. The number of allylic oxidation sites excluding steroid dienone is 1. The number of hydrogen-bond acceptors (Lipinski definition) is 2. The van der Waals surface area contributed by atoms with Gasteiger partial charge in [0, 0.05) is 26.2 Å². The van der Waals surface area contributed by atoms with Crippen LogP contribution in [0.2, 0.25) is 0 Å². The molecule has 0 unspecified atom stereocenters. The van der Waals surface area contributed by atoms with Crippen molar-refractivity contribution in [3.8, 4) is 0 Å². The Morgan fingerprint density at radius 3 is 2.32 bits per heavy atom. The van der Waals surface area contributed by atoms with Crippen LogP contribution in [0.3, 0.4) is 0 Å². The standard InChI is InChI=1S/C33H57N2O2P/c1-7-25(23(2)3)9-8-24(4)29-12-13-30-28-11-10-26-22-27(37-38(36,34-18-19-34)35-20-21-35)14-16-32(26,5)31(28)15-17-33(29,30)6/h10,23-25,27-31H,7-9,11-22H2,1-6H3/t24-,25+,27+,28-,29+,30-,31-,32+,33-/m1/s1. The Hall–Kier alpha value is -0.150. The summed E-state index contributed by atoms with van der Waals surface area (Å²) in [4.78, 5) is 0. The van der Waals surface area contributed by atoms with Gasteiger partial charge in [0.25, 0.3) is 0 Å². The predicted molar refractivity (Wildman–Crippen MR) is 158 cm³/mol. The smallest absolute Gasteiger partial charge is 0.302 e. The van der Waals surface area contributed by atoms with Gasteiger partial charge in [-0.1, -0.05) is 66.0 Å². The van der Waals surface area contributed by atoms with Gasteiger partial charge in [0.15, 0.2) is 0 Å². The average Bonchev–Trinajstić information content (AvgIpc) is 3.79. The lowest BCUT2D eigenvalue weighted by molar-refractivity contribution is -0.0564. The van der Waals surface area contributed by atoms with Crippen LogP contribution < -0.4 is 0 Å². The van der Waals surface area contributed by atoms with Gasteiger partial charge in [-0.15, -0.1) is 0 Å². The van der Waals surface area contributed by atoms with E-state index in [1.165, 1.54) is 57.8 Å². The van der Waals surface area contributed by atoms with Crippen LogP contribution in [0.4, 0.5) is 0 Å². The molecule has 6 rings (SSSR count). The van der Waals surface area contributed by atoms with E-state index in [-0.39, 0.29) is 6.10 Å². The van der Waals surface area contributed by atoms with Gasteiger partial charge in [0.1, 0.15) is 0 Å². The summed E-state index contributed by atoms with van der Waals surface area (Å²) >= 11 is 0. The van der Waals surface area contributed by atoms with Crippen LogP contribution in [-0.2, 0) is 9.09 Å². The van der Waals surface area contributed by atoms with Crippen LogP contribution in [0.5, 0.6) is 0 Å². The molecule has 4 aliphatic carbocycles. The van der Waals surface area contributed by atoms with E-state index in [0.29, 0.717) is 10.8 Å². The molecule has 9 atom stereocenters. The molecule has 2 saturated heterocycles. The predicted octanol–water partition coefficient (Wildman–Crippen LogP) is 8.79. The highest BCUT2D eigenvalue weighted by atomic mass is 31.2. The molecule has 6 aliphatic rings. The molecule has 0 aromatic rings. The maximum atomic E-state index is 13.7. The molecular formula is C33H57N2O2P. The van der Waals surface area contributed by atoms with Crippen molar-refractivity contribution < 1.29 is 9.09 Å². The molecule has 0 N–H and O–H groups in total. The zero-order valence-electron chi connectivity index (χ0n) is 25.5. The second kappa shape index (κ2) is 10.3. The largest absolute Gasteiger partial charge is 0.346 e. The highest BCUT2D eigenvalue weighted by Gasteiger charge is 2.60. The van der Waals surface area contributed by atoms with Crippen LogP contribution in [0.1, 0.15) is 112 Å². The minimum atomic E-state index is -2.73. The first kappa shape index (κ1) is 28.0. The highest BCUT2D eigenvalue weighted by Crippen LogP contribution is 2.68. The van der Waals surface area contributed by atoms with Gasteiger partial charge in [-0.3, -0.25) is 4.57 Å². The van der Waals surface area contributed by atoms with Crippen molar-refractivity contribution in [1.82, 2.24) is 9.34 Å². The van der Waals surface area contributed by atoms with Crippen molar-refractivity contribution in [2.24, 2.45) is 52.3 Å². The Balaban J connectivity index is 1.13. The second-order valence-corrected chi connectivity index (χ2v) is 17.6. The molecule has 0 aromatic heterocycles. The van der Waals surface area contributed by atoms with Crippen molar-refractivity contribution in [1.29, 1.82) is 0 Å². The third kappa shape index (κ3) is 4.74. The van der Waals surface area contributed by atoms with Crippen LogP contribution in [0.15, 0.2) is 11.6 Å². The highest BCUT2D eigenvalue weighted by molar-refractivity contribution is 7.54. The molecule has 0 aromatic carbocycles. The average molecular weight is 545 g/mol.